The van der Waals surface area contributed by atoms with Crippen molar-refractivity contribution in [3.63, 3.8) is 0 Å². The maximum absolute atomic E-state index is 10.1. The van der Waals surface area contributed by atoms with E-state index >= 15 is 0 Å². The van der Waals surface area contributed by atoms with Crippen LogP contribution in [0.15, 0.2) is 16.8 Å². The topological polar surface area (TPSA) is 49.7 Å². The van der Waals surface area contributed by atoms with E-state index in [1.807, 2.05) is 0 Å². The number of carbonyl (C=O) groups is 1. The van der Waals surface area contributed by atoms with E-state index in [2.05, 4.69) is 4.99 Å². The molecule has 0 heterocycles. The smallest absolute Gasteiger partial charge is 0.332 e. The van der Waals surface area contributed by atoms with E-state index in [0.29, 0.717) is 0 Å². The molecule has 0 bridgehead atoms. The van der Waals surface area contributed by atoms with Gasteiger partial charge in [0.1, 0.15) is 0 Å². The van der Waals surface area contributed by atoms with Gasteiger partial charge in [0.2, 0.25) is 0 Å². The molecule has 0 saturated heterocycles. The molecule has 0 amide bonds. The van der Waals surface area contributed by atoms with E-state index in [9.17, 15) is 4.79 Å². The second-order valence-electron chi connectivity index (χ2n) is 1.52. The Morgan fingerprint density at radius 2 is 2.22 bits per heavy atom. The molecule has 3 nitrogen and oxygen atoms in total. The summed E-state index contributed by atoms with van der Waals surface area (Å²) in [7, 11) is 0. The normalized spacial score (nSPS) is 12.4. The molecule has 0 rings (SSSR count). The van der Waals surface area contributed by atoms with Crippen LogP contribution in [0.25, 0.3) is 0 Å². The Labute approximate surface area is 53.7 Å². The maximum atomic E-state index is 10.1. The Morgan fingerprint density at radius 3 is 2.56 bits per heavy atom. The highest BCUT2D eigenvalue weighted by Gasteiger charge is 1.95. The predicted octanol–water partition coefficient (Wildman–Crippen LogP) is 1.07. The molecule has 0 aliphatic heterocycles. The van der Waals surface area contributed by atoms with Gasteiger partial charge in [-0.15, -0.1) is 0 Å². The van der Waals surface area contributed by atoms with Crippen molar-refractivity contribution in [3.05, 3.63) is 11.8 Å². The van der Waals surface area contributed by atoms with Crippen molar-refractivity contribution in [1.82, 2.24) is 0 Å². The summed E-state index contributed by atoms with van der Waals surface area (Å²) in [6.07, 6.45) is 2.84. The van der Waals surface area contributed by atoms with Crippen molar-refractivity contribution in [3.8, 4) is 0 Å². The summed E-state index contributed by atoms with van der Waals surface area (Å²) >= 11 is 0. The van der Waals surface area contributed by atoms with Crippen molar-refractivity contribution in [2.24, 2.45) is 4.99 Å². The zero-order valence-corrected chi connectivity index (χ0v) is 5.46. The summed E-state index contributed by atoms with van der Waals surface area (Å²) < 4.78 is 0. The van der Waals surface area contributed by atoms with Gasteiger partial charge >= 0.3 is 5.97 Å². The first-order valence-electron chi connectivity index (χ1n) is 2.56. The van der Waals surface area contributed by atoms with Crippen LogP contribution in [0.1, 0.15) is 13.8 Å². The summed E-state index contributed by atoms with van der Waals surface area (Å²) in [6, 6.07) is 0. The van der Waals surface area contributed by atoms with E-state index in [0.717, 1.165) is 0 Å². The molecule has 0 fully saturated rings. The quantitative estimate of drug-likeness (QED) is 0.445. The lowest BCUT2D eigenvalue weighted by molar-refractivity contribution is -0.132. The number of nitrogens with zero attached hydrogens (tertiary/aromatic N) is 1. The second-order valence-corrected chi connectivity index (χ2v) is 1.52. The number of carboxylic acid groups (broad SMARTS) is 1. The van der Waals surface area contributed by atoms with Crippen molar-refractivity contribution >= 4 is 12.2 Å². The summed E-state index contributed by atoms with van der Waals surface area (Å²) in [5, 5.41) is 8.27. The van der Waals surface area contributed by atoms with Crippen LogP contribution in [0, 0.1) is 0 Å². The fraction of sp³-hybridized carbons (Fsp3) is 0.333. The lowest BCUT2D eigenvalue weighted by atomic mass is 10.3. The highest BCUT2D eigenvalue weighted by Crippen LogP contribution is 1.90. The summed E-state index contributed by atoms with van der Waals surface area (Å²) in [4.78, 5) is 13.7. The van der Waals surface area contributed by atoms with Crippen molar-refractivity contribution < 1.29 is 9.90 Å². The number of hydrogen-bond acceptors (Lipinski definition) is 2. The highest BCUT2D eigenvalue weighted by molar-refractivity contribution is 5.85. The van der Waals surface area contributed by atoms with Gasteiger partial charge in [0, 0.05) is 12.4 Å². The lowest BCUT2D eigenvalue weighted by Gasteiger charge is -1.85. The Morgan fingerprint density at radius 1 is 1.67 bits per heavy atom. The first kappa shape index (κ1) is 7.88. The zero-order chi connectivity index (χ0) is 7.28. The minimum absolute atomic E-state index is 0.244. The zero-order valence-electron chi connectivity index (χ0n) is 5.46. The molecule has 0 aliphatic carbocycles. The number of aliphatic carboxylic acids is 1. The lowest BCUT2D eigenvalue weighted by Crippen LogP contribution is -1.94. The molecule has 0 aromatic rings. The Bertz CT molecular complexity index is 158. The van der Waals surface area contributed by atoms with Crippen LogP contribution in [0.5, 0.6) is 0 Å². The fourth-order valence-corrected chi connectivity index (χ4v) is 0.242. The van der Waals surface area contributed by atoms with Gasteiger partial charge in [0.05, 0.1) is 5.57 Å². The van der Waals surface area contributed by atoms with Crippen molar-refractivity contribution in [1.29, 1.82) is 0 Å². The summed E-state index contributed by atoms with van der Waals surface area (Å²) in [5.41, 5.74) is 0.244. The van der Waals surface area contributed by atoms with Gasteiger partial charge in [-0.3, -0.25) is 4.99 Å². The second kappa shape index (κ2) is 3.83. The Hall–Kier alpha value is -1.12. The highest BCUT2D eigenvalue weighted by atomic mass is 16.4. The number of carboxylic acids is 1. The molecule has 0 aliphatic rings. The average Bonchev–Trinajstić information content (AvgIpc) is 1.82. The third kappa shape index (κ3) is 3.46. The van der Waals surface area contributed by atoms with Crippen LogP contribution < -0.4 is 0 Å². The molecule has 9 heavy (non-hydrogen) atoms. The molecule has 1 N–H and O–H groups in total. The monoisotopic (exact) mass is 127 g/mol. The summed E-state index contributed by atoms with van der Waals surface area (Å²) in [5.74, 6) is -0.930. The molecule has 0 atom stereocenters. The SMILES string of the molecule is CC=NC=C(C)C(=O)O. The molecule has 0 aromatic heterocycles. The first-order valence-corrected chi connectivity index (χ1v) is 2.56. The van der Waals surface area contributed by atoms with Gasteiger partial charge in [-0.1, -0.05) is 0 Å². The fourth-order valence-electron chi connectivity index (χ4n) is 0.242. The molecule has 50 valence electrons. The molecule has 0 aromatic carbocycles. The average molecular weight is 127 g/mol. The van der Waals surface area contributed by atoms with Gasteiger partial charge in [-0.25, -0.2) is 4.79 Å². The van der Waals surface area contributed by atoms with E-state index in [1.165, 1.54) is 19.3 Å². The Balaban J connectivity index is 4.00. The third-order valence-electron chi connectivity index (χ3n) is 0.755. The van der Waals surface area contributed by atoms with E-state index < -0.39 is 5.97 Å². The van der Waals surface area contributed by atoms with Gasteiger partial charge in [-0.05, 0) is 13.8 Å². The largest absolute Gasteiger partial charge is 0.478 e. The van der Waals surface area contributed by atoms with Crippen LogP contribution in [0.3, 0.4) is 0 Å². The van der Waals surface area contributed by atoms with E-state index in [4.69, 9.17) is 5.11 Å². The van der Waals surface area contributed by atoms with Crippen LogP contribution in [-0.4, -0.2) is 17.3 Å². The van der Waals surface area contributed by atoms with Gasteiger partial charge < -0.3 is 5.11 Å². The number of aliphatic imine (C=N–C) groups is 1. The maximum Gasteiger partial charge on any atom is 0.332 e. The third-order valence-corrected chi connectivity index (χ3v) is 0.755. The van der Waals surface area contributed by atoms with Crippen LogP contribution in [-0.2, 0) is 4.79 Å². The molecule has 0 spiro atoms. The molecule has 0 saturated carbocycles. The van der Waals surface area contributed by atoms with Crippen LogP contribution in [0.2, 0.25) is 0 Å². The van der Waals surface area contributed by atoms with E-state index in [1.54, 1.807) is 6.92 Å². The van der Waals surface area contributed by atoms with E-state index in [-0.39, 0.29) is 5.57 Å². The first-order chi connectivity index (χ1) is 4.18. The summed E-state index contributed by atoms with van der Waals surface area (Å²) in [6.45, 7) is 3.22. The molecule has 3 heteroatoms. The molecular formula is C6H9NO2. The minimum atomic E-state index is -0.930. The van der Waals surface area contributed by atoms with Crippen molar-refractivity contribution in [2.45, 2.75) is 13.8 Å². The van der Waals surface area contributed by atoms with Gasteiger partial charge in [-0.2, -0.15) is 0 Å². The predicted molar refractivity (Wildman–Crippen MR) is 35.6 cm³/mol. The standard InChI is InChI=1S/C6H9NO2/c1-3-7-4-5(2)6(8)9/h3-4H,1-2H3,(H,8,9). The molecule has 0 radical (unpaired) electrons. The van der Waals surface area contributed by atoms with Crippen molar-refractivity contribution in [2.75, 3.05) is 0 Å². The van der Waals surface area contributed by atoms with Crippen LogP contribution in [0.4, 0.5) is 0 Å². The molecular weight excluding hydrogens is 118 g/mol. The number of rotatable bonds is 2. The van der Waals surface area contributed by atoms with Crippen LogP contribution >= 0.6 is 0 Å². The molecule has 0 unspecified atom stereocenters. The van der Waals surface area contributed by atoms with Gasteiger partial charge in [0.15, 0.2) is 0 Å². The number of hydrogen-bond donors (Lipinski definition) is 1. The Kier molecular flexibility index (Phi) is 3.35. The van der Waals surface area contributed by atoms with Gasteiger partial charge in [0.25, 0.3) is 0 Å². The minimum Gasteiger partial charge on any atom is -0.478 e.